The van der Waals surface area contributed by atoms with Gasteiger partial charge in [-0.05, 0) is 19.4 Å². The van der Waals surface area contributed by atoms with Gasteiger partial charge >= 0.3 is 0 Å². The highest BCUT2D eigenvalue weighted by Gasteiger charge is 2.16. The summed E-state index contributed by atoms with van der Waals surface area (Å²) in [5.74, 6) is 0. The molecule has 7 heteroatoms. The third-order valence-electron chi connectivity index (χ3n) is 1.89. The lowest BCUT2D eigenvalue weighted by Crippen LogP contribution is -2.13. The van der Waals surface area contributed by atoms with Crippen LogP contribution in [0.5, 0.6) is 0 Å². The van der Waals surface area contributed by atoms with Gasteiger partial charge in [-0.25, -0.2) is 8.42 Å². The Morgan fingerprint density at radius 1 is 1.53 bits per heavy atom. The van der Waals surface area contributed by atoms with Crippen LogP contribution in [-0.4, -0.2) is 13.6 Å². The van der Waals surface area contributed by atoms with E-state index in [0.29, 0.717) is 10.6 Å². The standard InChI is InChI=1S/C8H9ClN2O2S2/c1-5-6(2)14-8(7(5)3-10)11-15(12,13)4-9/h11H,4H2,1-2H3. The van der Waals surface area contributed by atoms with Crippen LogP contribution in [0.15, 0.2) is 0 Å². The fourth-order valence-electron chi connectivity index (χ4n) is 1.00. The Morgan fingerprint density at radius 2 is 2.13 bits per heavy atom. The molecule has 4 nitrogen and oxygen atoms in total. The molecule has 0 bridgehead atoms. The number of rotatable bonds is 3. The number of halogens is 1. The van der Waals surface area contributed by atoms with E-state index < -0.39 is 15.2 Å². The first-order chi connectivity index (χ1) is 6.91. The zero-order valence-corrected chi connectivity index (χ0v) is 10.6. The lowest BCUT2D eigenvalue weighted by molar-refractivity contribution is 0.605. The van der Waals surface area contributed by atoms with Crippen LogP contribution in [0, 0.1) is 25.2 Å². The van der Waals surface area contributed by atoms with Crippen LogP contribution >= 0.6 is 22.9 Å². The van der Waals surface area contributed by atoms with Crippen LogP contribution < -0.4 is 4.72 Å². The van der Waals surface area contributed by atoms with Gasteiger partial charge in [0.25, 0.3) is 0 Å². The van der Waals surface area contributed by atoms with E-state index >= 15 is 0 Å². The summed E-state index contributed by atoms with van der Waals surface area (Å²) in [5, 5.41) is 8.69. The molecule has 0 saturated carbocycles. The Hall–Kier alpha value is -0.770. The number of sulfonamides is 1. The van der Waals surface area contributed by atoms with E-state index in [1.165, 1.54) is 11.3 Å². The van der Waals surface area contributed by atoms with Crippen molar-refractivity contribution in [3.05, 3.63) is 16.0 Å². The molecule has 0 spiro atoms. The van der Waals surface area contributed by atoms with Gasteiger partial charge in [-0.1, -0.05) is 0 Å². The smallest absolute Gasteiger partial charge is 0.247 e. The first-order valence-electron chi connectivity index (χ1n) is 3.98. The number of hydrogen-bond acceptors (Lipinski definition) is 4. The number of nitrogens with zero attached hydrogens (tertiary/aromatic N) is 1. The van der Waals surface area contributed by atoms with E-state index in [0.717, 1.165) is 10.4 Å². The van der Waals surface area contributed by atoms with E-state index in [4.69, 9.17) is 16.9 Å². The Kier molecular flexibility index (Phi) is 3.60. The van der Waals surface area contributed by atoms with Crippen molar-refractivity contribution in [1.29, 1.82) is 5.26 Å². The van der Waals surface area contributed by atoms with Crippen LogP contribution in [0.1, 0.15) is 16.0 Å². The number of alkyl halides is 1. The molecule has 1 aromatic rings. The summed E-state index contributed by atoms with van der Waals surface area (Å²) >= 11 is 6.49. The molecule has 0 saturated heterocycles. The number of anilines is 1. The Morgan fingerprint density at radius 3 is 2.60 bits per heavy atom. The van der Waals surface area contributed by atoms with Gasteiger partial charge in [0.2, 0.25) is 10.0 Å². The van der Waals surface area contributed by atoms with Gasteiger partial charge < -0.3 is 0 Å². The summed E-state index contributed by atoms with van der Waals surface area (Å²) in [6.07, 6.45) is 0. The summed E-state index contributed by atoms with van der Waals surface area (Å²) in [6, 6.07) is 1.97. The fraction of sp³-hybridized carbons (Fsp3) is 0.375. The van der Waals surface area contributed by atoms with Crippen molar-refractivity contribution in [3.63, 3.8) is 0 Å². The lowest BCUT2D eigenvalue weighted by atomic mass is 10.2. The number of hydrogen-bond donors (Lipinski definition) is 1. The highest BCUT2D eigenvalue weighted by molar-refractivity contribution is 7.94. The van der Waals surface area contributed by atoms with Gasteiger partial charge in [-0.15, -0.1) is 22.9 Å². The minimum atomic E-state index is -3.53. The molecule has 0 aromatic carbocycles. The monoisotopic (exact) mass is 264 g/mol. The van der Waals surface area contributed by atoms with Gasteiger partial charge in [0.05, 0.1) is 5.56 Å². The number of aryl methyl sites for hydroxylation is 1. The molecule has 0 fully saturated rings. The van der Waals surface area contributed by atoms with E-state index in [9.17, 15) is 8.42 Å². The molecule has 0 amide bonds. The molecular formula is C8H9ClN2O2S2. The highest BCUT2D eigenvalue weighted by atomic mass is 35.5. The number of thiophene rings is 1. The van der Waals surface area contributed by atoms with E-state index in [1.54, 1.807) is 6.92 Å². The maximum Gasteiger partial charge on any atom is 0.247 e. The van der Waals surface area contributed by atoms with Crippen LogP contribution in [-0.2, 0) is 10.0 Å². The molecule has 0 radical (unpaired) electrons. The average molecular weight is 265 g/mol. The van der Waals surface area contributed by atoms with Crippen molar-refractivity contribution < 1.29 is 8.42 Å². The fourth-order valence-corrected chi connectivity index (χ4v) is 3.01. The summed E-state index contributed by atoms with van der Waals surface area (Å²) in [5.41, 5.74) is 1.17. The third kappa shape index (κ3) is 2.62. The van der Waals surface area contributed by atoms with Gasteiger partial charge in [-0.2, -0.15) is 5.26 Å². The van der Waals surface area contributed by atoms with Crippen LogP contribution in [0.25, 0.3) is 0 Å². The van der Waals surface area contributed by atoms with Crippen molar-refractivity contribution in [1.82, 2.24) is 0 Å². The second-order valence-electron chi connectivity index (χ2n) is 2.93. The molecule has 0 aliphatic rings. The van der Waals surface area contributed by atoms with Gasteiger partial charge in [-0.3, -0.25) is 4.72 Å². The molecule has 0 atom stereocenters. The van der Waals surface area contributed by atoms with Crippen molar-refractivity contribution in [3.8, 4) is 6.07 Å². The van der Waals surface area contributed by atoms with Crippen molar-refractivity contribution in [2.45, 2.75) is 13.8 Å². The predicted octanol–water partition coefficient (Wildman–Crippen LogP) is 2.17. The molecule has 1 aromatic heterocycles. The summed E-state index contributed by atoms with van der Waals surface area (Å²) < 4.78 is 24.7. The van der Waals surface area contributed by atoms with Crippen LogP contribution in [0.3, 0.4) is 0 Å². The van der Waals surface area contributed by atoms with Crippen molar-refractivity contribution >= 4 is 38.0 Å². The minimum absolute atomic E-state index is 0.341. The van der Waals surface area contributed by atoms with Crippen molar-refractivity contribution in [2.24, 2.45) is 0 Å². The normalized spacial score (nSPS) is 11.1. The maximum atomic E-state index is 11.2. The molecule has 0 unspecified atom stereocenters. The van der Waals surface area contributed by atoms with Crippen molar-refractivity contribution in [2.75, 3.05) is 9.93 Å². The van der Waals surface area contributed by atoms with Gasteiger partial charge in [0, 0.05) is 4.88 Å². The molecule has 1 N–H and O–H groups in total. The van der Waals surface area contributed by atoms with E-state index in [2.05, 4.69) is 4.72 Å². The molecular weight excluding hydrogens is 256 g/mol. The third-order valence-corrected chi connectivity index (χ3v) is 4.81. The maximum absolute atomic E-state index is 11.2. The first-order valence-corrected chi connectivity index (χ1v) is 6.98. The molecule has 1 rings (SSSR count). The largest absolute Gasteiger partial charge is 0.272 e. The summed E-state index contributed by atoms with van der Waals surface area (Å²) in [7, 11) is -3.53. The molecule has 15 heavy (non-hydrogen) atoms. The summed E-state index contributed by atoms with van der Waals surface area (Å²) in [4.78, 5) is 0.916. The van der Waals surface area contributed by atoms with Gasteiger partial charge in [0.15, 0.2) is 0 Å². The second-order valence-corrected chi connectivity index (χ2v) is 6.46. The molecule has 82 valence electrons. The molecule has 0 aliphatic carbocycles. The lowest BCUT2D eigenvalue weighted by Gasteiger charge is -2.01. The zero-order chi connectivity index (χ0) is 11.6. The Balaban J connectivity index is 3.18. The Labute approximate surface area is 97.5 Å². The number of nitriles is 1. The van der Waals surface area contributed by atoms with Gasteiger partial charge in [0.1, 0.15) is 16.3 Å². The Bertz CT molecular complexity index is 513. The average Bonchev–Trinajstić information content (AvgIpc) is 2.42. The van der Waals surface area contributed by atoms with E-state index in [1.807, 2.05) is 13.0 Å². The van der Waals surface area contributed by atoms with E-state index in [-0.39, 0.29) is 0 Å². The minimum Gasteiger partial charge on any atom is -0.272 e. The first kappa shape index (κ1) is 12.3. The molecule has 1 heterocycles. The zero-order valence-electron chi connectivity index (χ0n) is 8.17. The van der Waals surface area contributed by atoms with Crippen LogP contribution in [0.2, 0.25) is 0 Å². The second kappa shape index (κ2) is 4.39. The van der Waals surface area contributed by atoms with Crippen LogP contribution in [0.4, 0.5) is 5.00 Å². The predicted molar refractivity (Wildman–Crippen MR) is 61.8 cm³/mol. The summed E-state index contributed by atoms with van der Waals surface area (Å²) in [6.45, 7) is 3.61. The topological polar surface area (TPSA) is 70.0 Å². The SMILES string of the molecule is Cc1sc(NS(=O)(=O)CCl)c(C#N)c1C. The molecule has 0 aliphatic heterocycles. The number of nitrogens with one attached hydrogen (secondary N) is 1. The quantitative estimate of drug-likeness (QED) is 0.851. The highest BCUT2D eigenvalue weighted by Crippen LogP contribution is 2.32.